The Morgan fingerprint density at radius 2 is 1.78 bits per heavy atom. The van der Waals surface area contributed by atoms with Gasteiger partial charge < -0.3 is 26.4 Å². The lowest BCUT2D eigenvalue weighted by Gasteiger charge is -2.04. The van der Waals surface area contributed by atoms with Gasteiger partial charge in [-0.2, -0.15) is 0 Å². The zero-order valence-electron chi connectivity index (χ0n) is 12.4. The number of carbonyl (C=O) groups excluding carboxylic acids is 1. The molecule has 0 atom stereocenters. The molecule has 0 aliphatic rings. The highest BCUT2D eigenvalue weighted by Crippen LogP contribution is 2.24. The number of aromatic hydroxyl groups is 3. The molecule has 0 radical (unpaired) electrons. The number of nitrogens with two attached hydrogens (primary N) is 1. The van der Waals surface area contributed by atoms with Crippen LogP contribution >= 0.6 is 0 Å². The van der Waals surface area contributed by atoms with E-state index < -0.39 is 0 Å². The van der Waals surface area contributed by atoms with Crippen molar-refractivity contribution in [3.05, 3.63) is 53.6 Å². The fourth-order valence-corrected chi connectivity index (χ4v) is 1.96. The van der Waals surface area contributed by atoms with Crippen LogP contribution in [0.25, 0.3) is 6.08 Å². The first kappa shape index (κ1) is 16.2. The van der Waals surface area contributed by atoms with Crippen LogP contribution in [-0.4, -0.2) is 27.8 Å². The van der Waals surface area contributed by atoms with Crippen molar-refractivity contribution in [3.8, 4) is 17.2 Å². The molecule has 0 aromatic heterocycles. The summed E-state index contributed by atoms with van der Waals surface area (Å²) >= 11 is 0. The Bertz CT molecular complexity index is 741. The minimum atomic E-state index is -0.264. The van der Waals surface area contributed by atoms with E-state index in [9.17, 15) is 20.1 Å². The van der Waals surface area contributed by atoms with Gasteiger partial charge in [-0.1, -0.05) is 12.1 Å². The monoisotopic (exact) mass is 314 g/mol. The van der Waals surface area contributed by atoms with Gasteiger partial charge in [0.25, 0.3) is 0 Å². The average Bonchev–Trinajstić information content (AvgIpc) is 2.52. The van der Waals surface area contributed by atoms with Crippen molar-refractivity contribution in [3.63, 3.8) is 0 Å². The van der Waals surface area contributed by atoms with Crippen molar-refractivity contribution in [2.75, 3.05) is 12.3 Å². The van der Waals surface area contributed by atoms with E-state index in [4.69, 9.17) is 5.73 Å². The van der Waals surface area contributed by atoms with E-state index in [1.165, 1.54) is 24.3 Å². The summed E-state index contributed by atoms with van der Waals surface area (Å²) in [6.45, 7) is 0.394. The molecule has 2 rings (SSSR count). The van der Waals surface area contributed by atoms with Crippen LogP contribution in [0.3, 0.4) is 0 Å². The van der Waals surface area contributed by atoms with Gasteiger partial charge in [0.15, 0.2) is 11.5 Å². The smallest absolute Gasteiger partial charge is 0.244 e. The number of phenolic OH excluding ortho intramolecular Hbond substituents is 3. The fourth-order valence-electron chi connectivity index (χ4n) is 1.96. The molecule has 0 bridgehead atoms. The molecule has 0 heterocycles. The minimum Gasteiger partial charge on any atom is -0.506 e. The summed E-state index contributed by atoms with van der Waals surface area (Å²) in [5.41, 5.74) is 7.33. The normalized spacial score (nSPS) is 10.8. The highest BCUT2D eigenvalue weighted by atomic mass is 16.3. The number of phenols is 3. The Hall–Kier alpha value is -3.15. The Kier molecular flexibility index (Phi) is 5.09. The Labute approximate surface area is 133 Å². The van der Waals surface area contributed by atoms with E-state index in [-0.39, 0.29) is 28.8 Å². The van der Waals surface area contributed by atoms with Crippen LogP contribution in [0.1, 0.15) is 11.1 Å². The molecule has 6 nitrogen and oxygen atoms in total. The first-order valence-electron chi connectivity index (χ1n) is 7.01. The summed E-state index contributed by atoms with van der Waals surface area (Å²) in [5, 5.41) is 30.6. The van der Waals surface area contributed by atoms with Crippen LogP contribution in [0, 0.1) is 0 Å². The largest absolute Gasteiger partial charge is 0.506 e. The van der Waals surface area contributed by atoms with Crippen LogP contribution < -0.4 is 11.1 Å². The predicted octanol–water partition coefficient (Wildman–Crippen LogP) is 1.76. The fraction of sp³-hybridized carbons (Fsp3) is 0.118. The van der Waals surface area contributed by atoms with E-state index >= 15 is 0 Å². The van der Waals surface area contributed by atoms with Crippen LogP contribution in [-0.2, 0) is 11.2 Å². The summed E-state index contributed by atoms with van der Waals surface area (Å²) in [6.07, 6.45) is 3.50. The maximum atomic E-state index is 11.7. The molecule has 0 spiro atoms. The second-order valence-electron chi connectivity index (χ2n) is 5.02. The maximum absolute atomic E-state index is 11.7. The Morgan fingerprint density at radius 3 is 2.48 bits per heavy atom. The second-order valence-corrected chi connectivity index (χ2v) is 5.02. The maximum Gasteiger partial charge on any atom is 0.244 e. The number of amides is 1. The van der Waals surface area contributed by atoms with Crippen molar-refractivity contribution < 1.29 is 20.1 Å². The predicted molar refractivity (Wildman–Crippen MR) is 88.0 cm³/mol. The number of nitrogen functional groups attached to an aromatic ring is 1. The lowest BCUT2D eigenvalue weighted by atomic mass is 10.1. The third-order valence-corrected chi connectivity index (χ3v) is 3.23. The third-order valence-electron chi connectivity index (χ3n) is 3.23. The van der Waals surface area contributed by atoms with Crippen LogP contribution in [0.2, 0.25) is 0 Å². The number of anilines is 1. The van der Waals surface area contributed by atoms with E-state index in [1.54, 1.807) is 24.3 Å². The molecule has 6 N–H and O–H groups in total. The number of benzene rings is 2. The zero-order chi connectivity index (χ0) is 16.8. The van der Waals surface area contributed by atoms with Crippen molar-refractivity contribution in [1.82, 2.24) is 5.32 Å². The molecular formula is C17H18N2O4. The van der Waals surface area contributed by atoms with Gasteiger partial charge in [0, 0.05) is 12.6 Å². The van der Waals surface area contributed by atoms with E-state index in [1.807, 2.05) is 0 Å². The average molecular weight is 314 g/mol. The summed E-state index contributed by atoms with van der Waals surface area (Å²) in [4.78, 5) is 11.7. The number of carbonyl (C=O) groups is 1. The van der Waals surface area contributed by atoms with Gasteiger partial charge in [0.1, 0.15) is 5.75 Å². The molecule has 0 unspecified atom stereocenters. The summed E-state index contributed by atoms with van der Waals surface area (Å²) in [5.74, 6) is -0.615. The summed E-state index contributed by atoms with van der Waals surface area (Å²) in [6, 6.07) is 9.21. The second kappa shape index (κ2) is 7.22. The number of rotatable bonds is 5. The molecule has 6 heteroatoms. The SMILES string of the molecule is Nc1cc(/C=C/C(=O)NCCc2ccc(O)c(O)c2)ccc1O. The van der Waals surface area contributed by atoms with Crippen LogP contribution in [0.4, 0.5) is 5.69 Å². The molecular weight excluding hydrogens is 296 g/mol. The standard InChI is InChI=1S/C17H18N2O4/c18-13-9-11(1-4-14(13)20)3-6-17(23)19-8-7-12-2-5-15(21)16(22)10-12/h1-6,9-10,20-22H,7-8,18H2,(H,19,23)/b6-3+. The van der Waals surface area contributed by atoms with Crippen LogP contribution in [0.15, 0.2) is 42.5 Å². The van der Waals surface area contributed by atoms with E-state index in [0.29, 0.717) is 18.5 Å². The highest BCUT2D eigenvalue weighted by Gasteiger charge is 2.02. The van der Waals surface area contributed by atoms with Gasteiger partial charge in [-0.05, 0) is 47.9 Å². The molecule has 0 aliphatic carbocycles. The molecule has 2 aromatic rings. The molecule has 120 valence electrons. The van der Waals surface area contributed by atoms with Gasteiger partial charge in [-0.3, -0.25) is 4.79 Å². The van der Waals surface area contributed by atoms with Gasteiger partial charge in [-0.15, -0.1) is 0 Å². The van der Waals surface area contributed by atoms with Gasteiger partial charge >= 0.3 is 0 Å². The van der Waals surface area contributed by atoms with Gasteiger partial charge in [0.2, 0.25) is 5.91 Å². The van der Waals surface area contributed by atoms with Crippen molar-refractivity contribution in [1.29, 1.82) is 0 Å². The molecule has 0 saturated carbocycles. The number of hydrogen-bond acceptors (Lipinski definition) is 5. The molecule has 1 amide bonds. The first-order chi connectivity index (χ1) is 11.0. The van der Waals surface area contributed by atoms with Crippen molar-refractivity contribution in [2.24, 2.45) is 0 Å². The highest BCUT2D eigenvalue weighted by molar-refractivity contribution is 5.91. The molecule has 0 aliphatic heterocycles. The summed E-state index contributed by atoms with van der Waals surface area (Å²) < 4.78 is 0. The quantitative estimate of drug-likeness (QED) is 0.327. The van der Waals surface area contributed by atoms with E-state index in [2.05, 4.69) is 5.32 Å². The molecule has 2 aromatic carbocycles. The van der Waals surface area contributed by atoms with E-state index in [0.717, 1.165) is 5.56 Å². The first-order valence-corrected chi connectivity index (χ1v) is 7.01. The molecule has 23 heavy (non-hydrogen) atoms. The number of hydrogen-bond donors (Lipinski definition) is 5. The van der Waals surface area contributed by atoms with Gasteiger partial charge in [0.05, 0.1) is 5.69 Å². The minimum absolute atomic E-state index is 0.00347. The zero-order valence-corrected chi connectivity index (χ0v) is 12.4. The Morgan fingerprint density at radius 1 is 1.04 bits per heavy atom. The summed E-state index contributed by atoms with van der Waals surface area (Å²) in [7, 11) is 0. The van der Waals surface area contributed by atoms with Crippen molar-refractivity contribution in [2.45, 2.75) is 6.42 Å². The van der Waals surface area contributed by atoms with Crippen molar-refractivity contribution >= 4 is 17.7 Å². The third kappa shape index (κ3) is 4.67. The molecule has 0 saturated heterocycles. The lowest BCUT2D eigenvalue weighted by molar-refractivity contribution is -0.116. The topological polar surface area (TPSA) is 116 Å². The lowest BCUT2D eigenvalue weighted by Crippen LogP contribution is -2.23. The van der Waals surface area contributed by atoms with Gasteiger partial charge in [-0.25, -0.2) is 0 Å². The molecule has 0 fully saturated rings. The number of nitrogens with one attached hydrogen (secondary N) is 1. The Balaban J connectivity index is 1.83. The van der Waals surface area contributed by atoms with Crippen LogP contribution in [0.5, 0.6) is 17.2 Å².